The third-order valence-electron chi connectivity index (χ3n) is 3.87. The molecule has 27 heavy (non-hydrogen) atoms. The lowest BCUT2D eigenvalue weighted by molar-refractivity contribution is -0.276. The van der Waals surface area contributed by atoms with Crippen LogP contribution in [0.3, 0.4) is 0 Å². The van der Waals surface area contributed by atoms with E-state index in [0.29, 0.717) is 5.56 Å². The van der Waals surface area contributed by atoms with Crippen LogP contribution < -0.4 is 10.1 Å². The lowest BCUT2D eigenvalue weighted by Crippen LogP contribution is -2.24. The number of amides is 1. The van der Waals surface area contributed by atoms with Crippen molar-refractivity contribution in [3.05, 3.63) is 66.0 Å². The first kappa shape index (κ1) is 18.5. The lowest BCUT2D eigenvalue weighted by atomic mass is 10.1. The highest BCUT2D eigenvalue weighted by atomic mass is 19.4. The number of rotatable bonds is 5. The largest absolute Gasteiger partial charge is 0.574 e. The van der Waals surface area contributed by atoms with E-state index in [1.165, 1.54) is 18.3 Å². The van der Waals surface area contributed by atoms with Gasteiger partial charge in [-0.2, -0.15) is 0 Å². The number of alkyl halides is 3. The highest BCUT2D eigenvalue weighted by Crippen LogP contribution is 2.22. The van der Waals surface area contributed by atoms with Crippen LogP contribution in [0.1, 0.15) is 24.1 Å². The number of hydrogen-bond acceptors (Lipinski definition) is 3. The summed E-state index contributed by atoms with van der Waals surface area (Å²) >= 11 is 0. The van der Waals surface area contributed by atoms with Gasteiger partial charge in [-0.15, -0.1) is 13.2 Å². The zero-order valence-corrected chi connectivity index (χ0v) is 14.2. The van der Waals surface area contributed by atoms with Crippen molar-refractivity contribution in [3.63, 3.8) is 0 Å². The van der Waals surface area contributed by atoms with Crippen molar-refractivity contribution in [2.45, 2.75) is 19.3 Å². The van der Waals surface area contributed by atoms with Gasteiger partial charge in [0.15, 0.2) is 0 Å². The average molecular weight is 375 g/mol. The summed E-state index contributed by atoms with van der Waals surface area (Å²) in [5.74, 6) is -0.882. The quantitative estimate of drug-likeness (QED) is 0.652. The second-order valence-corrected chi connectivity index (χ2v) is 5.83. The zero-order valence-electron chi connectivity index (χ0n) is 14.2. The van der Waals surface area contributed by atoms with E-state index in [1.54, 1.807) is 19.2 Å². The van der Waals surface area contributed by atoms with Crippen LogP contribution in [0.15, 0.2) is 54.9 Å². The van der Waals surface area contributed by atoms with Crippen molar-refractivity contribution >= 4 is 22.9 Å². The van der Waals surface area contributed by atoms with Crippen molar-refractivity contribution in [1.82, 2.24) is 15.3 Å². The highest BCUT2D eigenvalue weighted by Gasteiger charge is 2.31. The van der Waals surface area contributed by atoms with Gasteiger partial charge in [0.2, 0.25) is 11.8 Å². The molecule has 0 saturated carbocycles. The first-order chi connectivity index (χ1) is 12.8. The number of pyridine rings is 1. The van der Waals surface area contributed by atoms with Crippen LogP contribution in [-0.4, -0.2) is 22.2 Å². The molecule has 140 valence electrons. The summed E-state index contributed by atoms with van der Waals surface area (Å²) in [5, 5.41) is 3.73. The topological polar surface area (TPSA) is 67.0 Å². The van der Waals surface area contributed by atoms with Crippen LogP contribution in [-0.2, 0) is 4.79 Å². The fraction of sp³-hybridized carbons (Fsp3) is 0.158. The van der Waals surface area contributed by atoms with Gasteiger partial charge in [-0.05, 0) is 30.2 Å². The number of nitrogens with one attached hydrogen (secondary N) is 2. The average Bonchev–Trinajstić information content (AvgIpc) is 3.02. The van der Waals surface area contributed by atoms with Crippen molar-refractivity contribution in [2.75, 3.05) is 0 Å². The second kappa shape index (κ2) is 7.53. The molecule has 1 aromatic carbocycles. The Morgan fingerprint density at radius 2 is 2.04 bits per heavy atom. The van der Waals surface area contributed by atoms with Gasteiger partial charge in [-0.1, -0.05) is 24.3 Å². The standard InChI is InChI=1S/C19H16F3N3O2/c1-12(13-7-9-18(24-10-13)27-19(20,21)22)25-17(26)8-6-14-11-23-16-5-3-2-4-15(14)16/h2-12,23H,1H3,(H,25,26)/b8-6+. The zero-order chi connectivity index (χ0) is 19.4. The number of fused-ring (bicyclic) bond motifs is 1. The van der Waals surface area contributed by atoms with Crippen molar-refractivity contribution < 1.29 is 22.7 Å². The SMILES string of the molecule is CC(NC(=O)/C=C/c1c[nH]c2ccccc12)c1ccc(OC(F)(F)F)nc1. The Kier molecular flexibility index (Phi) is 5.16. The van der Waals surface area contributed by atoms with Gasteiger partial charge in [0, 0.05) is 35.4 Å². The molecule has 1 unspecified atom stereocenters. The highest BCUT2D eigenvalue weighted by molar-refractivity contribution is 5.96. The lowest BCUT2D eigenvalue weighted by Gasteiger charge is -2.13. The van der Waals surface area contributed by atoms with Crippen molar-refractivity contribution in [2.24, 2.45) is 0 Å². The van der Waals surface area contributed by atoms with Crippen LogP contribution in [0, 0.1) is 0 Å². The molecule has 0 aliphatic carbocycles. The minimum absolute atomic E-state index is 0.330. The van der Waals surface area contributed by atoms with E-state index < -0.39 is 18.3 Å². The van der Waals surface area contributed by atoms with Crippen LogP contribution in [0.2, 0.25) is 0 Å². The van der Waals surface area contributed by atoms with Crippen molar-refractivity contribution in [1.29, 1.82) is 0 Å². The molecule has 5 nitrogen and oxygen atoms in total. The molecule has 0 spiro atoms. The molecular weight excluding hydrogens is 359 g/mol. The molecule has 0 radical (unpaired) electrons. The molecular formula is C19H16F3N3O2. The Morgan fingerprint density at radius 3 is 2.74 bits per heavy atom. The summed E-state index contributed by atoms with van der Waals surface area (Å²) in [6.45, 7) is 1.71. The molecule has 0 aliphatic heterocycles. The minimum Gasteiger partial charge on any atom is -0.388 e. The molecule has 0 fully saturated rings. The van der Waals surface area contributed by atoms with Crippen LogP contribution in [0.4, 0.5) is 13.2 Å². The van der Waals surface area contributed by atoms with Crippen LogP contribution in [0.25, 0.3) is 17.0 Å². The second-order valence-electron chi connectivity index (χ2n) is 5.83. The molecule has 0 aliphatic rings. The molecule has 8 heteroatoms. The Balaban J connectivity index is 1.62. The number of carbonyl (C=O) groups is 1. The van der Waals surface area contributed by atoms with Crippen LogP contribution >= 0.6 is 0 Å². The van der Waals surface area contributed by atoms with E-state index in [-0.39, 0.29) is 5.91 Å². The van der Waals surface area contributed by atoms with E-state index in [0.717, 1.165) is 22.5 Å². The molecule has 2 aromatic heterocycles. The maximum absolute atomic E-state index is 12.1. The molecule has 2 heterocycles. The minimum atomic E-state index is -4.79. The Labute approximate surface area is 152 Å². The Morgan fingerprint density at radius 1 is 1.26 bits per heavy atom. The van der Waals surface area contributed by atoms with Crippen LogP contribution in [0.5, 0.6) is 5.88 Å². The van der Waals surface area contributed by atoms with Gasteiger partial charge in [0.1, 0.15) is 0 Å². The number of H-pyrrole nitrogens is 1. The summed E-state index contributed by atoms with van der Waals surface area (Å²) in [4.78, 5) is 18.8. The molecule has 0 bridgehead atoms. The fourth-order valence-corrected chi connectivity index (χ4v) is 2.57. The molecule has 0 saturated heterocycles. The fourth-order valence-electron chi connectivity index (χ4n) is 2.57. The molecule has 3 rings (SSSR count). The van der Waals surface area contributed by atoms with Gasteiger partial charge >= 0.3 is 6.36 Å². The van der Waals surface area contributed by atoms with Gasteiger partial charge in [0.05, 0.1) is 6.04 Å². The number of aromatic amines is 1. The third kappa shape index (κ3) is 4.87. The van der Waals surface area contributed by atoms with E-state index in [9.17, 15) is 18.0 Å². The predicted molar refractivity (Wildman–Crippen MR) is 94.8 cm³/mol. The number of para-hydroxylation sites is 1. The summed E-state index contributed by atoms with van der Waals surface area (Å²) in [6, 6.07) is 9.80. The van der Waals surface area contributed by atoms with E-state index >= 15 is 0 Å². The molecule has 1 atom stereocenters. The normalized spacial score (nSPS) is 13.0. The molecule has 3 aromatic rings. The van der Waals surface area contributed by atoms with E-state index in [1.807, 2.05) is 24.3 Å². The smallest absolute Gasteiger partial charge is 0.388 e. The number of halogens is 3. The first-order valence-corrected chi connectivity index (χ1v) is 8.08. The first-order valence-electron chi connectivity index (χ1n) is 8.08. The van der Waals surface area contributed by atoms with Gasteiger partial charge in [-0.3, -0.25) is 4.79 Å². The van der Waals surface area contributed by atoms with Gasteiger partial charge < -0.3 is 15.0 Å². The molecule has 1 amide bonds. The summed E-state index contributed by atoms with van der Waals surface area (Å²) in [5.41, 5.74) is 2.40. The number of nitrogens with zero attached hydrogens (tertiary/aromatic N) is 1. The van der Waals surface area contributed by atoms with Gasteiger partial charge in [-0.25, -0.2) is 4.98 Å². The third-order valence-corrected chi connectivity index (χ3v) is 3.87. The number of carbonyl (C=O) groups excluding carboxylic acids is 1. The summed E-state index contributed by atoms with van der Waals surface area (Å²) in [6.07, 6.45) is 1.35. The number of benzene rings is 1. The summed E-state index contributed by atoms with van der Waals surface area (Å²) in [7, 11) is 0. The molecule has 2 N–H and O–H groups in total. The maximum atomic E-state index is 12.1. The monoisotopic (exact) mass is 375 g/mol. The van der Waals surface area contributed by atoms with Gasteiger partial charge in [0.25, 0.3) is 0 Å². The van der Waals surface area contributed by atoms with E-state index in [4.69, 9.17) is 0 Å². The number of hydrogen-bond donors (Lipinski definition) is 2. The maximum Gasteiger partial charge on any atom is 0.574 e. The van der Waals surface area contributed by atoms with E-state index in [2.05, 4.69) is 20.0 Å². The Hall–Kier alpha value is -3.29. The van der Waals surface area contributed by atoms with Crippen molar-refractivity contribution in [3.8, 4) is 5.88 Å². The predicted octanol–water partition coefficient (Wildman–Crippen LogP) is 4.35. The summed E-state index contributed by atoms with van der Waals surface area (Å²) < 4.78 is 40.1. The number of ether oxygens (including phenoxy) is 1. The Bertz CT molecular complexity index is 962. The number of aromatic nitrogens is 2.